The van der Waals surface area contributed by atoms with Gasteiger partial charge in [-0.1, -0.05) is 18.2 Å². The quantitative estimate of drug-likeness (QED) is 0.352. The highest BCUT2D eigenvalue weighted by Crippen LogP contribution is 2.11. The lowest BCUT2D eigenvalue weighted by atomic mass is 10.3. The molecule has 0 saturated heterocycles. The van der Waals surface area contributed by atoms with Gasteiger partial charge in [-0.15, -0.1) is 0 Å². The van der Waals surface area contributed by atoms with Gasteiger partial charge >= 0.3 is 0 Å². The molecular formula is C19H24N6. The fourth-order valence-corrected chi connectivity index (χ4v) is 2.58. The topological polar surface area (TPSA) is 78.0 Å². The Kier molecular flexibility index (Phi) is 5.98. The van der Waals surface area contributed by atoms with E-state index in [1.54, 1.807) is 6.20 Å². The number of pyridine rings is 1. The van der Waals surface area contributed by atoms with Crippen LogP contribution >= 0.6 is 0 Å². The third-order valence-electron chi connectivity index (χ3n) is 3.79. The van der Waals surface area contributed by atoms with Crippen molar-refractivity contribution in [2.24, 2.45) is 4.99 Å². The van der Waals surface area contributed by atoms with Gasteiger partial charge < -0.3 is 15.6 Å². The fourth-order valence-electron chi connectivity index (χ4n) is 2.58. The lowest BCUT2D eigenvalue weighted by Gasteiger charge is -2.10. The first-order chi connectivity index (χ1) is 12.3. The molecule has 3 N–H and O–H groups in total. The number of hydrogen-bond acceptors (Lipinski definition) is 3. The predicted molar refractivity (Wildman–Crippen MR) is 101 cm³/mol. The van der Waals surface area contributed by atoms with Gasteiger partial charge in [-0.05, 0) is 37.6 Å². The summed E-state index contributed by atoms with van der Waals surface area (Å²) in [4.78, 5) is 16.8. The molecule has 3 rings (SSSR count). The monoisotopic (exact) mass is 336 g/mol. The summed E-state index contributed by atoms with van der Waals surface area (Å²) in [6, 6.07) is 14.0. The molecule has 0 aliphatic carbocycles. The van der Waals surface area contributed by atoms with Crippen LogP contribution in [0.2, 0.25) is 0 Å². The lowest BCUT2D eigenvalue weighted by Crippen LogP contribution is -2.37. The van der Waals surface area contributed by atoms with Crippen LogP contribution in [0.4, 0.5) is 0 Å². The first-order valence-corrected chi connectivity index (χ1v) is 8.71. The normalized spacial score (nSPS) is 11.6. The Bertz CT molecular complexity index is 776. The highest BCUT2D eigenvalue weighted by atomic mass is 15.2. The number of fused-ring (bicyclic) bond motifs is 1. The summed E-state index contributed by atoms with van der Waals surface area (Å²) in [6.45, 7) is 4.30. The maximum absolute atomic E-state index is 4.60. The first-order valence-electron chi connectivity index (χ1n) is 8.71. The van der Waals surface area contributed by atoms with Crippen molar-refractivity contribution in [2.75, 3.05) is 13.1 Å². The number of hydrogen-bond donors (Lipinski definition) is 3. The van der Waals surface area contributed by atoms with Crippen LogP contribution < -0.4 is 10.6 Å². The van der Waals surface area contributed by atoms with Crippen molar-refractivity contribution < 1.29 is 0 Å². The molecule has 2 heterocycles. The van der Waals surface area contributed by atoms with Gasteiger partial charge in [0.15, 0.2) is 5.96 Å². The van der Waals surface area contributed by atoms with Crippen LogP contribution in [-0.4, -0.2) is 34.0 Å². The zero-order valence-corrected chi connectivity index (χ0v) is 14.5. The third-order valence-corrected chi connectivity index (χ3v) is 3.79. The van der Waals surface area contributed by atoms with E-state index in [9.17, 15) is 0 Å². The highest BCUT2D eigenvalue weighted by Gasteiger charge is 2.02. The van der Waals surface area contributed by atoms with Crippen molar-refractivity contribution in [1.29, 1.82) is 0 Å². The van der Waals surface area contributed by atoms with Gasteiger partial charge in [0.25, 0.3) is 0 Å². The largest absolute Gasteiger partial charge is 0.357 e. The van der Waals surface area contributed by atoms with Gasteiger partial charge in [-0.2, -0.15) is 0 Å². The van der Waals surface area contributed by atoms with Gasteiger partial charge in [0, 0.05) is 25.7 Å². The van der Waals surface area contributed by atoms with Gasteiger partial charge in [-0.3, -0.25) is 4.98 Å². The van der Waals surface area contributed by atoms with E-state index in [-0.39, 0.29) is 0 Å². The molecule has 0 aliphatic rings. The van der Waals surface area contributed by atoms with E-state index >= 15 is 0 Å². The van der Waals surface area contributed by atoms with Crippen molar-refractivity contribution in [3.63, 3.8) is 0 Å². The summed E-state index contributed by atoms with van der Waals surface area (Å²) in [6.07, 6.45) is 3.67. The number of guanidine groups is 1. The zero-order chi connectivity index (χ0) is 17.3. The molecule has 0 saturated carbocycles. The average Bonchev–Trinajstić information content (AvgIpc) is 3.07. The number of aryl methyl sites for hydroxylation is 1. The second-order valence-electron chi connectivity index (χ2n) is 5.75. The Morgan fingerprint density at radius 1 is 1.12 bits per heavy atom. The van der Waals surface area contributed by atoms with Crippen molar-refractivity contribution in [3.8, 4) is 0 Å². The van der Waals surface area contributed by atoms with E-state index in [0.29, 0.717) is 6.54 Å². The lowest BCUT2D eigenvalue weighted by molar-refractivity contribution is 0.726. The third kappa shape index (κ3) is 5.04. The Morgan fingerprint density at radius 2 is 2.00 bits per heavy atom. The SMILES string of the molecule is CCNC(=NCc1ccccn1)NCCCc1nc2ccccc2[nH]1. The molecule has 0 bridgehead atoms. The van der Waals surface area contributed by atoms with Crippen molar-refractivity contribution in [3.05, 3.63) is 60.2 Å². The van der Waals surface area contributed by atoms with Gasteiger partial charge in [0.05, 0.1) is 23.3 Å². The summed E-state index contributed by atoms with van der Waals surface area (Å²) in [5.74, 6) is 1.84. The van der Waals surface area contributed by atoms with Crippen LogP contribution in [0.25, 0.3) is 11.0 Å². The molecule has 0 fully saturated rings. The first kappa shape index (κ1) is 17.0. The Morgan fingerprint density at radius 3 is 2.80 bits per heavy atom. The molecule has 6 heteroatoms. The highest BCUT2D eigenvalue weighted by molar-refractivity contribution is 5.79. The number of aromatic nitrogens is 3. The van der Waals surface area contributed by atoms with Crippen LogP contribution in [0, 0.1) is 0 Å². The van der Waals surface area contributed by atoms with E-state index in [4.69, 9.17) is 0 Å². The predicted octanol–water partition coefficient (Wildman–Crippen LogP) is 2.65. The number of aliphatic imine (C=N–C) groups is 1. The van der Waals surface area contributed by atoms with Gasteiger partial charge in [0.1, 0.15) is 5.82 Å². The van der Waals surface area contributed by atoms with Crippen LogP contribution in [0.15, 0.2) is 53.7 Å². The summed E-state index contributed by atoms with van der Waals surface area (Å²) in [5.41, 5.74) is 3.08. The second-order valence-corrected chi connectivity index (χ2v) is 5.75. The minimum absolute atomic E-state index is 0.569. The molecule has 0 amide bonds. The van der Waals surface area contributed by atoms with E-state index < -0.39 is 0 Å². The van der Waals surface area contributed by atoms with Gasteiger partial charge in [0.2, 0.25) is 0 Å². The van der Waals surface area contributed by atoms with Crippen LogP contribution in [0.1, 0.15) is 24.9 Å². The second kappa shape index (κ2) is 8.82. The van der Waals surface area contributed by atoms with Crippen molar-refractivity contribution in [2.45, 2.75) is 26.3 Å². The zero-order valence-electron chi connectivity index (χ0n) is 14.5. The van der Waals surface area contributed by atoms with Crippen molar-refractivity contribution in [1.82, 2.24) is 25.6 Å². The smallest absolute Gasteiger partial charge is 0.191 e. The Balaban J connectivity index is 1.48. The standard InChI is InChI=1S/C19H24N6/c1-2-20-19(23-14-15-8-5-6-12-21-15)22-13-7-11-18-24-16-9-3-4-10-17(16)25-18/h3-6,8-10,12H,2,7,11,13-14H2,1H3,(H,24,25)(H2,20,22,23). The number of imidazole rings is 1. The number of nitrogens with zero attached hydrogens (tertiary/aromatic N) is 3. The summed E-state index contributed by atoms with van der Waals surface area (Å²) in [7, 11) is 0. The molecule has 0 atom stereocenters. The molecular weight excluding hydrogens is 312 g/mol. The fraction of sp³-hybridized carbons (Fsp3) is 0.316. The van der Waals surface area contributed by atoms with Crippen molar-refractivity contribution >= 4 is 17.0 Å². The molecule has 0 spiro atoms. The summed E-state index contributed by atoms with van der Waals surface area (Å²) in [5, 5.41) is 6.63. The van der Waals surface area contributed by atoms with E-state index in [1.807, 2.05) is 36.4 Å². The molecule has 6 nitrogen and oxygen atoms in total. The molecule has 0 unspecified atom stereocenters. The maximum atomic E-state index is 4.60. The minimum Gasteiger partial charge on any atom is -0.357 e. The number of benzene rings is 1. The molecule has 2 aromatic heterocycles. The van der Waals surface area contributed by atoms with Crippen LogP contribution in [0.5, 0.6) is 0 Å². The number of H-pyrrole nitrogens is 1. The van der Waals surface area contributed by atoms with Crippen LogP contribution in [0.3, 0.4) is 0 Å². The number of aromatic amines is 1. The number of nitrogens with one attached hydrogen (secondary N) is 3. The van der Waals surface area contributed by atoms with Gasteiger partial charge in [-0.25, -0.2) is 9.98 Å². The Labute approximate surface area is 147 Å². The summed E-state index contributed by atoms with van der Waals surface area (Å²) < 4.78 is 0. The minimum atomic E-state index is 0.569. The van der Waals surface area contributed by atoms with E-state index in [2.05, 4.69) is 43.6 Å². The van der Waals surface area contributed by atoms with Crippen LogP contribution in [-0.2, 0) is 13.0 Å². The van der Waals surface area contributed by atoms with E-state index in [0.717, 1.165) is 54.4 Å². The molecule has 0 radical (unpaired) electrons. The average molecular weight is 336 g/mol. The molecule has 1 aromatic carbocycles. The molecule has 25 heavy (non-hydrogen) atoms. The maximum Gasteiger partial charge on any atom is 0.191 e. The Hall–Kier alpha value is -2.89. The number of para-hydroxylation sites is 2. The molecule has 3 aromatic rings. The van der Waals surface area contributed by atoms with E-state index in [1.165, 1.54) is 0 Å². The molecule has 130 valence electrons. The number of rotatable bonds is 7. The summed E-state index contributed by atoms with van der Waals surface area (Å²) >= 11 is 0. The molecule has 0 aliphatic heterocycles.